The highest BCUT2D eigenvalue weighted by atomic mass is 16.5. The summed E-state index contributed by atoms with van der Waals surface area (Å²) in [4.78, 5) is 0. The summed E-state index contributed by atoms with van der Waals surface area (Å²) in [6, 6.07) is 10.6. The zero-order valence-corrected chi connectivity index (χ0v) is 14.7. The summed E-state index contributed by atoms with van der Waals surface area (Å²) in [6.07, 6.45) is 4.23. The Balaban J connectivity index is 1.62. The molecule has 0 unspecified atom stereocenters. The van der Waals surface area contributed by atoms with E-state index >= 15 is 0 Å². The van der Waals surface area contributed by atoms with Crippen molar-refractivity contribution in [2.45, 2.75) is 52.1 Å². The van der Waals surface area contributed by atoms with Crippen LogP contribution in [0.25, 0.3) is 0 Å². The summed E-state index contributed by atoms with van der Waals surface area (Å²) in [6.45, 7) is 8.57. The third-order valence-electron chi connectivity index (χ3n) is 5.53. The van der Waals surface area contributed by atoms with Gasteiger partial charge >= 0.3 is 0 Å². The Kier molecular flexibility index (Phi) is 5.37. The fraction of sp³-hybridized carbons (Fsp3) is 0.650. The second-order valence-corrected chi connectivity index (χ2v) is 7.60. The van der Waals surface area contributed by atoms with Crippen LogP contribution >= 0.6 is 0 Å². The lowest BCUT2D eigenvalue weighted by molar-refractivity contribution is -0.0224. The smallest absolute Gasteiger partial charge is 0.0877 e. The lowest BCUT2D eigenvalue weighted by Crippen LogP contribution is -2.36. The Morgan fingerprint density at radius 1 is 1.22 bits per heavy atom. The molecule has 3 rings (SSSR count). The van der Waals surface area contributed by atoms with Gasteiger partial charge in [0, 0.05) is 12.5 Å². The molecule has 4 atom stereocenters. The average molecular weight is 314 g/mol. The fourth-order valence-electron chi connectivity index (χ4n) is 4.06. The van der Waals surface area contributed by atoms with Crippen molar-refractivity contribution in [2.24, 2.45) is 22.9 Å². The molecule has 0 amide bonds. The molecule has 1 saturated carbocycles. The molecule has 0 radical (unpaired) electrons. The van der Waals surface area contributed by atoms with Gasteiger partial charge in [-0.3, -0.25) is 0 Å². The van der Waals surface area contributed by atoms with Gasteiger partial charge in [0.1, 0.15) is 0 Å². The molecule has 23 heavy (non-hydrogen) atoms. The van der Waals surface area contributed by atoms with Gasteiger partial charge < -0.3 is 10.2 Å². The summed E-state index contributed by atoms with van der Waals surface area (Å²) in [5, 5.41) is 4.51. The Labute approximate surface area is 140 Å². The highest BCUT2D eigenvalue weighted by Gasteiger charge is 2.32. The van der Waals surface area contributed by atoms with E-state index in [-0.39, 0.29) is 0 Å². The average Bonchev–Trinajstić information content (AvgIpc) is 3.02. The van der Waals surface area contributed by atoms with Crippen molar-refractivity contribution < 1.29 is 4.74 Å². The van der Waals surface area contributed by atoms with Crippen molar-refractivity contribution in [1.29, 1.82) is 0 Å². The van der Waals surface area contributed by atoms with Crippen LogP contribution in [0, 0.1) is 17.8 Å². The van der Waals surface area contributed by atoms with Crippen molar-refractivity contribution in [3.63, 3.8) is 0 Å². The molecular formula is C20H30N2O. The second kappa shape index (κ2) is 7.48. The minimum absolute atomic E-state index is 0.356. The Hall–Kier alpha value is -1.35. The maximum Gasteiger partial charge on any atom is 0.0877 e. The van der Waals surface area contributed by atoms with E-state index in [1.165, 1.54) is 24.8 Å². The third kappa shape index (κ3) is 3.95. The molecule has 0 aromatic heterocycles. The van der Waals surface area contributed by atoms with Gasteiger partial charge in [0.15, 0.2) is 0 Å². The van der Waals surface area contributed by atoms with E-state index in [1.54, 1.807) is 0 Å². The molecule has 1 aliphatic heterocycles. The summed E-state index contributed by atoms with van der Waals surface area (Å²) < 4.78 is 6.39. The van der Waals surface area contributed by atoms with Crippen molar-refractivity contribution in [3.8, 4) is 0 Å². The minimum Gasteiger partial charge on any atom is -0.372 e. The van der Waals surface area contributed by atoms with Gasteiger partial charge in [-0.2, -0.15) is 5.10 Å². The normalized spacial score (nSPS) is 31.0. The first-order chi connectivity index (χ1) is 11.1. The van der Waals surface area contributed by atoms with Crippen LogP contribution in [-0.4, -0.2) is 25.0 Å². The van der Waals surface area contributed by atoms with E-state index in [0.29, 0.717) is 30.5 Å². The number of hydrazone groups is 1. The summed E-state index contributed by atoms with van der Waals surface area (Å²) in [7, 11) is 0. The molecule has 0 bridgehead atoms. The van der Waals surface area contributed by atoms with Gasteiger partial charge in [-0.25, -0.2) is 0 Å². The highest BCUT2D eigenvalue weighted by molar-refractivity contribution is 5.93. The molecule has 1 aromatic carbocycles. The number of benzene rings is 1. The van der Waals surface area contributed by atoms with Crippen molar-refractivity contribution in [3.05, 3.63) is 35.9 Å². The standard InChI is InChI=1S/C20H30N2O/c1-14(2)17-10-9-15(3)11-20(17)23-13-19-18(12-21-22-19)16-7-5-4-6-8-16/h4-8,14-15,17-18,20-21H,9-13H2,1-3H3/t15-,17+,18-,20-/m1/s1. The van der Waals surface area contributed by atoms with Crippen molar-refractivity contribution in [2.75, 3.05) is 13.2 Å². The third-order valence-corrected chi connectivity index (χ3v) is 5.53. The second-order valence-electron chi connectivity index (χ2n) is 7.60. The Bertz CT molecular complexity index is 526. The van der Waals surface area contributed by atoms with Crippen LogP contribution in [0.1, 0.15) is 51.5 Å². The maximum atomic E-state index is 6.39. The van der Waals surface area contributed by atoms with E-state index < -0.39 is 0 Å². The Morgan fingerprint density at radius 3 is 2.74 bits per heavy atom. The van der Waals surface area contributed by atoms with Crippen molar-refractivity contribution >= 4 is 5.71 Å². The minimum atomic E-state index is 0.356. The van der Waals surface area contributed by atoms with Crippen LogP contribution < -0.4 is 5.43 Å². The first kappa shape index (κ1) is 16.5. The van der Waals surface area contributed by atoms with Crippen LogP contribution in [-0.2, 0) is 4.74 Å². The molecule has 1 heterocycles. The predicted molar refractivity (Wildman–Crippen MR) is 95.7 cm³/mol. The fourth-order valence-corrected chi connectivity index (χ4v) is 4.06. The number of ether oxygens (including phenoxy) is 1. The SMILES string of the molecule is CC(C)[C@@H]1CC[C@@H](C)C[C@H]1OCC1=NNC[C@@H]1c1ccccc1. The van der Waals surface area contributed by atoms with Gasteiger partial charge in [-0.15, -0.1) is 0 Å². The topological polar surface area (TPSA) is 33.6 Å². The van der Waals surface area contributed by atoms with Crippen molar-refractivity contribution in [1.82, 2.24) is 5.43 Å². The summed E-state index contributed by atoms with van der Waals surface area (Å²) in [5.41, 5.74) is 5.64. The van der Waals surface area contributed by atoms with Gasteiger partial charge in [-0.05, 0) is 36.2 Å². The largest absolute Gasteiger partial charge is 0.372 e. The first-order valence-electron chi connectivity index (χ1n) is 9.11. The molecule has 3 heteroatoms. The lowest BCUT2D eigenvalue weighted by Gasteiger charge is -2.37. The number of hydrogen-bond acceptors (Lipinski definition) is 3. The van der Waals surface area contributed by atoms with Gasteiger partial charge in [-0.1, -0.05) is 57.5 Å². The molecule has 1 aliphatic carbocycles. The molecule has 1 N–H and O–H groups in total. The number of nitrogens with zero attached hydrogens (tertiary/aromatic N) is 1. The van der Waals surface area contributed by atoms with E-state index in [1.807, 2.05) is 0 Å². The molecular weight excluding hydrogens is 284 g/mol. The molecule has 126 valence electrons. The van der Waals surface area contributed by atoms with E-state index in [4.69, 9.17) is 4.74 Å². The Morgan fingerprint density at radius 2 is 2.00 bits per heavy atom. The monoisotopic (exact) mass is 314 g/mol. The van der Waals surface area contributed by atoms with E-state index in [0.717, 1.165) is 18.2 Å². The van der Waals surface area contributed by atoms with Crippen LogP contribution in [0.5, 0.6) is 0 Å². The summed E-state index contributed by atoms with van der Waals surface area (Å²) >= 11 is 0. The molecule has 0 spiro atoms. The molecule has 3 nitrogen and oxygen atoms in total. The zero-order chi connectivity index (χ0) is 16.2. The predicted octanol–water partition coefficient (Wildman–Crippen LogP) is 4.21. The van der Waals surface area contributed by atoms with Gasteiger partial charge in [0.2, 0.25) is 0 Å². The van der Waals surface area contributed by atoms with E-state index in [9.17, 15) is 0 Å². The lowest BCUT2D eigenvalue weighted by atomic mass is 9.75. The zero-order valence-electron chi connectivity index (χ0n) is 14.7. The van der Waals surface area contributed by atoms with Crippen LogP contribution in [0.15, 0.2) is 35.4 Å². The quantitative estimate of drug-likeness (QED) is 0.883. The van der Waals surface area contributed by atoms with E-state index in [2.05, 4.69) is 61.6 Å². The van der Waals surface area contributed by atoms with Crippen LogP contribution in [0.3, 0.4) is 0 Å². The molecule has 1 aromatic rings. The number of rotatable bonds is 5. The highest BCUT2D eigenvalue weighted by Crippen LogP contribution is 2.35. The molecule has 1 fully saturated rings. The van der Waals surface area contributed by atoms with Crippen LogP contribution in [0.4, 0.5) is 0 Å². The number of hydrogen-bond donors (Lipinski definition) is 1. The first-order valence-corrected chi connectivity index (χ1v) is 9.11. The number of nitrogens with one attached hydrogen (secondary N) is 1. The molecule has 2 aliphatic rings. The molecule has 0 saturated heterocycles. The maximum absolute atomic E-state index is 6.39. The summed E-state index contributed by atoms with van der Waals surface area (Å²) in [5.74, 6) is 2.52. The van der Waals surface area contributed by atoms with Gasteiger partial charge in [0.05, 0.1) is 18.4 Å². The van der Waals surface area contributed by atoms with Gasteiger partial charge in [0.25, 0.3) is 0 Å². The van der Waals surface area contributed by atoms with Crippen LogP contribution in [0.2, 0.25) is 0 Å².